The van der Waals surface area contributed by atoms with Crippen LogP contribution in [0.1, 0.15) is 12.8 Å². The molecule has 1 atom stereocenters. The Hall–Kier alpha value is 0.130. The molecule has 1 aliphatic heterocycles. The number of hydrogen-bond acceptors (Lipinski definition) is 4. The van der Waals surface area contributed by atoms with Crippen LogP contribution >= 0.6 is 12.4 Å². The summed E-state index contributed by atoms with van der Waals surface area (Å²) in [5.41, 5.74) is 0. The van der Waals surface area contributed by atoms with Crippen molar-refractivity contribution in [3.05, 3.63) is 0 Å². The van der Waals surface area contributed by atoms with Crippen molar-refractivity contribution in [1.82, 2.24) is 10.2 Å². The largest absolute Gasteiger partial charge is 0.383 e. The molecular weight excluding hydrogens is 240 g/mol. The molecule has 5 heteroatoms. The highest BCUT2D eigenvalue weighted by Crippen LogP contribution is 2.11. The molecule has 0 aromatic heterocycles. The number of rotatable bonds is 8. The van der Waals surface area contributed by atoms with Gasteiger partial charge in [-0.15, -0.1) is 12.4 Å². The summed E-state index contributed by atoms with van der Waals surface area (Å²) in [7, 11) is 3.52. The maximum atomic E-state index is 5.14. The standard InChI is InChI=1S/C12H26N2O2.ClH/c1-15-8-6-14(7-9-16-2)11-12-4-3-5-13-10-12;/h12-13H,3-11H2,1-2H3;1H. The second kappa shape index (κ2) is 11.2. The van der Waals surface area contributed by atoms with Gasteiger partial charge in [-0.2, -0.15) is 0 Å². The predicted octanol–water partition coefficient (Wildman–Crippen LogP) is 1.00. The maximum Gasteiger partial charge on any atom is 0.0589 e. The van der Waals surface area contributed by atoms with E-state index in [4.69, 9.17) is 9.47 Å². The Morgan fingerprint density at radius 3 is 2.29 bits per heavy atom. The molecule has 1 saturated heterocycles. The van der Waals surface area contributed by atoms with Gasteiger partial charge in [-0.05, 0) is 31.8 Å². The van der Waals surface area contributed by atoms with Gasteiger partial charge < -0.3 is 14.8 Å². The van der Waals surface area contributed by atoms with Crippen LogP contribution in [0.3, 0.4) is 0 Å². The van der Waals surface area contributed by atoms with Crippen LogP contribution in [0.5, 0.6) is 0 Å². The van der Waals surface area contributed by atoms with Crippen molar-refractivity contribution in [3.8, 4) is 0 Å². The highest BCUT2D eigenvalue weighted by Gasteiger charge is 2.16. The van der Waals surface area contributed by atoms with Crippen molar-refractivity contribution in [2.24, 2.45) is 5.92 Å². The van der Waals surface area contributed by atoms with Gasteiger partial charge in [-0.3, -0.25) is 4.90 Å². The summed E-state index contributed by atoms with van der Waals surface area (Å²) in [5, 5.41) is 3.46. The van der Waals surface area contributed by atoms with E-state index in [-0.39, 0.29) is 12.4 Å². The summed E-state index contributed by atoms with van der Waals surface area (Å²) in [6.07, 6.45) is 2.66. The summed E-state index contributed by atoms with van der Waals surface area (Å²) in [6, 6.07) is 0. The zero-order chi connectivity index (χ0) is 11.6. The maximum absolute atomic E-state index is 5.14. The van der Waals surface area contributed by atoms with Crippen molar-refractivity contribution in [3.63, 3.8) is 0 Å². The third kappa shape index (κ3) is 7.95. The second-order valence-electron chi connectivity index (χ2n) is 4.50. The molecule has 0 aliphatic carbocycles. The van der Waals surface area contributed by atoms with Crippen LogP contribution < -0.4 is 5.32 Å². The molecule has 1 N–H and O–H groups in total. The van der Waals surface area contributed by atoms with Gasteiger partial charge >= 0.3 is 0 Å². The SMILES string of the molecule is COCCN(CCOC)CC1CCCNC1.Cl. The van der Waals surface area contributed by atoms with Gasteiger partial charge in [0, 0.05) is 33.9 Å². The fourth-order valence-electron chi connectivity index (χ4n) is 2.18. The zero-order valence-electron chi connectivity index (χ0n) is 11.1. The molecule has 1 aliphatic rings. The molecule has 17 heavy (non-hydrogen) atoms. The quantitative estimate of drug-likeness (QED) is 0.711. The van der Waals surface area contributed by atoms with Gasteiger partial charge in [0.1, 0.15) is 0 Å². The molecular formula is C12H27ClN2O2. The first-order chi connectivity index (χ1) is 7.86. The van der Waals surface area contributed by atoms with E-state index in [1.54, 1.807) is 14.2 Å². The zero-order valence-corrected chi connectivity index (χ0v) is 11.9. The molecule has 0 aromatic carbocycles. The van der Waals surface area contributed by atoms with Crippen LogP contribution in [-0.4, -0.2) is 65.1 Å². The molecule has 0 saturated carbocycles. The van der Waals surface area contributed by atoms with E-state index < -0.39 is 0 Å². The van der Waals surface area contributed by atoms with Crippen molar-refractivity contribution in [1.29, 1.82) is 0 Å². The Morgan fingerprint density at radius 2 is 1.82 bits per heavy atom. The van der Waals surface area contributed by atoms with Gasteiger partial charge in [0.05, 0.1) is 13.2 Å². The minimum atomic E-state index is 0. The number of hydrogen-bond donors (Lipinski definition) is 1. The lowest BCUT2D eigenvalue weighted by atomic mass is 9.99. The van der Waals surface area contributed by atoms with Crippen molar-refractivity contribution < 1.29 is 9.47 Å². The van der Waals surface area contributed by atoms with E-state index in [9.17, 15) is 0 Å². The summed E-state index contributed by atoms with van der Waals surface area (Å²) in [6.45, 7) is 7.16. The molecule has 0 radical (unpaired) electrons. The summed E-state index contributed by atoms with van der Waals surface area (Å²) in [4.78, 5) is 2.45. The van der Waals surface area contributed by atoms with Gasteiger partial charge in [0.25, 0.3) is 0 Å². The van der Waals surface area contributed by atoms with Crippen LogP contribution in [0.4, 0.5) is 0 Å². The second-order valence-corrected chi connectivity index (χ2v) is 4.50. The van der Waals surface area contributed by atoms with Crippen molar-refractivity contribution >= 4 is 12.4 Å². The minimum absolute atomic E-state index is 0. The molecule has 0 amide bonds. The van der Waals surface area contributed by atoms with Gasteiger partial charge in [0.2, 0.25) is 0 Å². The fraction of sp³-hybridized carbons (Fsp3) is 1.00. The number of piperidine rings is 1. The van der Waals surface area contributed by atoms with Crippen LogP contribution in [-0.2, 0) is 9.47 Å². The lowest BCUT2D eigenvalue weighted by Gasteiger charge is -2.29. The van der Waals surface area contributed by atoms with Gasteiger partial charge in [-0.25, -0.2) is 0 Å². The highest BCUT2D eigenvalue weighted by molar-refractivity contribution is 5.85. The monoisotopic (exact) mass is 266 g/mol. The molecule has 1 fully saturated rings. The van der Waals surface area contributed by atoms with E-state index in [1.807, 2.05) is 0 Å². The summed E-state index contributed by atoms with van der Waals surface area (Å²) >= 11 is 0. The fourth-order valence-corrected chi connectivity index (χ4v) is 2.18. The third-order valence-corrected chi connectivity index (χ3v) is 3.14. The smallest absolute Gasteiger partial charge is 0.0589 e. The Morgan fingerprint density at radius 1 is 1.18 bits per heavy atom. The molecule has 0 bridgehead atoms. The van der Waals surface area contributed by atoms with E-state index in [2.05, 4.69) is 10.2 Å². The number of halogens is 1. The number of nitrogens with zero attached hydrogens (tertiary/aromatic N) is 1. The van der Waals surface area contributed by atoms with Crippen molar-refractivity contribution in [2.45, 2.75) is 12.8 Å². The Balaban J connectivity index is 0.00000256. The molecule has 0 aromatic rings. The average molecular weight is 267 g/mol. The topological polar surface area (TPSA) is 33.7 Å². The normalized spacial score (nSPS) is 20.3. The highest BCUT2D eigenvalue weighted by atomic mass is 35.5. The van der Waals surface area contributed by atoms with Gasteiger partial charge in [0.15, 0.2) is 0 Å². The Kier molecular flexibility index (Phi) is 11.3. The van der Waals surface area contributed by atoms with Crippen LogP contribution in [0.2, 0.25) is 0 Å². The van der Waals surface area contributed by atoms with E-state index >= 15 is 0 Å². The van der Waals surface area contributed by atoms with Crippen LogP contribution in [0.25, 0.3) is 0 Å². The first kappa shape index (κ1) is 17.1. The number of ether oxygens (including phenoxy) is 2. The predicted molar refractivity (Wildman–Crippen MR) is 73.0 cm³/mol. The molecule has 104 valence electrons. The minimum Gasteiger partial charge on any atom is -0.383 e. The molecule has 1 rings (SSSR count). The summed E-state index contributed by atoms with van der Waals surface area (Å²) < 4.78 is 10.3. The Bertz CT molecular complexity index is 159. The van der Waals surface area contributed by atoms with Crippen LogP contribution in [0, 0.1) is 5.92 Å². The lowest BCUT2D eigenvalue weighted by molar-refractivity contribution is 0.100. The van der Waals surface area contributed by atoms with E-state index in [1.165, 1.54) is 25.9 Å². The first-order valence-electron chi connectivity index (χ1n) is 6.27. The van der Waals surface area contributed by atoms with E-state index in [0.29, 0.717) is 0 Å². The summed E-state index contributed by atoms with van der Waals surface area (Å²) in [5.74, 6) is 0.794. The molecule has 4 nitrogen and oxygen atoms in total. The third-order valence-electron chi connectivity index (χ3n) is 3.14. The Labute approximate surface area is 111 Å². The first-order valence-corrected chi connectivity index (χ1v) is 6.27. The molecule has 0 spiro atoms. The number of methoxy groups -OCH3 is 2. The van der Waals surface area contributed by atoms with E-state index in [0.717, 1.165) is 38.8 Å². The average Bonchev–Trinajstić information content (AvgIpc) is 2.34. The van der Waals surface area contributed by atoms with Gasteiger partial charge in [-0.1, -0.05) is 0 Å². The molecule has 1 unspecified atom stereocenters. The molecule has 1 heterocycles. The van der Waals surface area contributed by atoms with Crippen LogP contribution in [0.15, 0.2) is 0 Å². The lowest BCUT2D eigenvalue weighted by Crippen LogP contribution is -2.40. The number of nitrogens with one attached hydrogen (secondary N) is 1. The van der Waals surface area contributed by atoms with Crippen molar-refractivity contribution in [2.75, 3.05) is 60.2 Å².